The summed E-state index contributed by atoms with van der Waals surface area (Å²) in [5.41, 5.74) is 3.84. The largest absolute Gasteiger partial charge is 0.454 e. The molecule has 1 saturated carbocycles. The summed E-state index contributed by atoms with van der Waals surface area (Å²) in [5.74, 6) is 2.91. The zero-order valence-electron chi connectivity index (χ0n) is 15.2. The number of methoxy groups -OCH3 is 1. The minimum absolute atomic E-state index is 0.320. The van der Waals surface area contributed by atoms with Gasteiger partial charge in [-0.3, -0.25) is 4.90 Å². The topological polar surface area (TPSA) is 48.8 Å². The zero-order chi connectivity index (χ0) is 17.5. The van der Waals surface area contributed by atoms with Crippen LogP contribution in [0.4, 0.5) is 0 Å². The van der Waals surface area contributed by atoms with Crippen LogP contribution >= 0.6 is 0 Å². The molecule has 0 spiro atoms. The van der Waals surface area contributed by atoms with Crippen LogP contribution in [0.15, 0.2) is 24.5 Å². The molecule has 0 bridgehead atoms. The van der Waals surface area contributed by atoms with Gasteiger partial charge in [0, 0.05) is 44.9 Å². The second-order valence-electron chi connectivity index (χ2n) is 7.68. The van der Waals surface area contributed by atoms with E-state index in [1.807, 2.05) is 12.4 Å². The molecule has 1 aliphatic carbocycles. The van der Waals surface area contributed by atoms with Crippen LogP contribution in [-0.4, -0.2) is 41.5 Å². The van der Waals surface area contributed by atoms with Gasteiger partial charge in [0.05, 0.1) is 18.6 Å². The van der Waals surface area contributed by atoms with Crippen LogP contribution in [-0.2, 0) is 24.4 Å². The molecular weight excluding hydrogens is 330 g/mol. The Morgan fingerprint density at radius 1 is 1.23 bits per heavy atom. The van der Waals surface area contributed by atoms with Crippen molar-refractivity contribution < 1.29 is 14.2 Å². The van der Waals surface area contributed by atoms with Crippen molar-refractivity contribution in [1.29, 1.82) is 0 Å². The van der Waals surface area contributed by atoms with Crippen molar-refractivity contribution in [3.8, 4) is 11.5 Å². The number of hydrogen-bond donors (Lipinski definition) is 0. The number of nitrogens with zero attached hydrogens (tertiary/aromatic N) is 3. The first-order valence-corrected chi connectivity index (χ1v) is 9.44. The van der Waals surface area contributed by atoms with Crippen molar-refractivity contribution in [1.82, 2.24) is 14.5 Å². The first-order chi connectivity index (χ1) is 12.8. The Morgan fingerprint density at radius 2 is 2.12 bits per heavy atom. The fourth-order valence-corrected chi connectivity index (χ4v) is 4.17. The molecule has 1 aromatic carbocycles. The van der Waals surface area contributed by atoms with Crippen molar-refractivity contribution in [2.45, 2.75) is 38.4 Å². The highest BCUT2D eigenvalue weighted by atomic mass is 16.7. The maximum Gasteiger partial charge on any atom is 0.231 e. The predicted molar refractivity (Wildman–Crippen MR) is 96.2 cm³/mol. The molecule has 0 N–H and O–H groups in total. The van der Waals surface area contributed by atoms with E-state index < -0.39 is 0 Å². The van der Waals surface area contributed by atoms with Gasteiger partial charge in [0.25, 0.3) is 0 Å². The Kier molecular flexibility index (Phi) is 4.10. The third-order valence-corrected chi connectivity index (χ3v) is 5.56. The van der Waals surface area contributed by atoms with Crippen LogP contribution in [0.2, 0.25) is 0 Å². The fraction of sp³-hybridized carbons (Fsp3) is 0.550. The van der Waals surface area contributed by atoms with Crippen LogP contribution in [0.3, 0.4) is 0 Å². The van der Waals surface area contributed by atoms with Crippen LogP contribution < -0.4 is 9.47 Å². The van der Waals surface area contributed by atoms with Crippen LogP contribution in [0.25, 0.3) is 0 Å². The molecule has 1 fully saturated rings. The van der Waals surface area contributed by atoms with Crippen LogP contribution in [0.1, 0.15) is 35.7 Å². The first-order valence-electron chi connectivity index (χ1n) is 9.44. The Morgan fingerprint density at radius 3 is 2.96 bits per heavy atom. The molecule has 1 unspecified atom stereocenters. The molecule has 138 valence electrons. The Labute approximate surface area is 153 Å². The van der Waals surface area contributed by atoms with E-state index in [1.54, 1.807) is 7.11 Å². The zero-order valence-corrected chi connectivity index (χ0v) is 15.2. The van der Waals surface area contributed by atoms with Gasteiger partial charge in [-0.1, -0.05) is 6.07 Å². The van der Waals surface area contributed by atoms with E-state index >= 15 is 0 Å². The van der Waals surface area contributed by atoms with Gasteiger partial charge < -0.3 is 18.8 Å². The molecule has 0 amide bonds. The van der Waals surface area contributed by atoms with Gasteiger partial charge >= 0.3 is 0 Å². The highest BCUT2D eigenvalue weighted by Crippen LogP contribution is 2.36. The fourth-order valence-electron chi connectivity index (χ4n) is 4.17. The smallest absolute Gasteiger partial charge is 0.231 e. The van der Waals surface area contributed by atoms with E-state index in [-0.39, 0.29) is 0 Å². The molecule has 1 aromatic heterocycles. The number of aromatic nitrogens is 2. The molecule has 2 aliphatic heterocycles. The average Bonchev–Trinajstić information content (AvgIpc) is 3.17. The molecule has 26 heavy (non-hydrogen) atoms. The van der Waals surface area contributed by atoms with Crippen molar-refractivity contribution in [2.24, 2.45) is 5.92 Å². The third kappa shape index (κ3) is 3.08. The molecule has 0 radical (unpaired) electrons. The lowest BCUT2D eigenvalue weighted by molar-refractivity contribution is 0.131. The predicted octanol–water partition coefficient (Wildman–Crippen LogP) is 2.77. The minimum atomic E-state index is 0.320. The van der Waals surface area contributed by atoms with Gasteiger partial charge in [-0.2, -0.15) is 0 Å². The number of hydrogen-bond acceptors (Lipinski definition) is 5. The van der Waals surface area contributed by atoms with Gasteiger partial charge in [-0.25, -0.2) is 4.98 Å². The summed E-state index contributed by atoms with van der Waals surface area (Å²) in [4.78, 5) is 7.20. The number of fused-ring (bicyclic) bond motifs is 2. The molecular formula is C20H25N3O3. The second-order valence-corrected chi connectivity index (χ2v) is 7.68. The van der Waals surface area contributed by atoms with E-state index in [4.69, 9.17) is 19.2 Å². The molecule has 2 aromatic rings. The highest BCUT2D eigenvalue weighted by Gasteiger charge is 2.32. The monoisotopic (exact) mass is 355 g/mol. The summed E-state index contributed by atoms with van der Waals surface area (Å²) < 4.78 is 18.8. The summed E-state index contributed by atoms with van der Waals surface area (Å²) in [6.45, 7) is 4.94. The molecule has 3 aliphatic rings. The lowest BCUT2D eigenvalue weighted by atomic mass is 9.98. The summed E-state index contributed by atoms with van der Waals surface area (Å²) in [6.07, 6.45) is 4.76. The van der Waals surface area contributed by atoms with Crippen molar-refractivity contribution >= 4 is 0 Å². The Balaban J connectivity index is 1.35. The van der Waals surface area contributed by atoms with Crippen molar-refractivity contribution in [2.75, 3.05) is 27.1 Å². The quantitative estimate of drug-likeness (QED) is 0.797. The highest BCUT2D eigenvalue weighted by molar-refractivity contribution is 5.44. The third-order valence-electron chi connectivity index (χ3n) is 5.56. The van der Waals surface area contributed by atoms with Gasteiger partial charge in [0.15, 0.2) is 11.5 Å². The van der Waals surface area contributed by atoms with Gasteiger partial charge in [-0.15, -0.1) is 0 Å². The molecule has 5 rings (SSSR count). The summed E-state index contributed by atoms with van der Waals surface area (Å²) >= 11 is 0. The van der Waals surface area contributed by atoms with E-state index in [2.05, 4.69) is 21.6 Å². The van der Waals surface area contributed by atoms with Crippen LogP contribution in [0.5, 0.6) is 11.5 Å². The lowest BCUT2D eigenvalue weighted by Gasteiger charge is -2.33. The second kappa shape index (κ2) is 6.59. The van der Waals surface area contributed by atoms with Crippen molar-refractivity contribution in [3.05, 3.63) is 41.5 Å². The Hall–Kier alpha value is -2.05. The lowest BCUT2D eigenvalue weighted by Crippen LogP contribution is -2.36. The molecule has 0 saturated heterocycles. The molecule has 3 heterocycles. The normalized spacial score (nSPS) is 21.8. The van der Waals surface area contributed by atoms with E-state index in [0.29, 0.717) is 12.7 Å². The van der Waals surface area contributed by atoms with Gasteiger partial charge in [-0.05, 0) is 36.5 Å². The number of ether oxygens (including phenoxy) is 3. The van der Waals surface area contributed by atoms with E-state index in [9.17, 15) is 0 Å². The molecule has 6 nitrogen and oxygen atoms in total. The number of rotatable bonds is 6. The Bertz CT molecular complexity index is 800. The summed E-state index contributed by atoms with van der Waals surface area (Å²) in [6, 6.07) is 6.22. The maximum absolute atomic E-state index is 5.54. The molecule has 1 atom stereocenters. The first kappa shape index (κ1) is 16.1. The van der Waals surface area contributed by atoms with Gasteiger partial charge in [0.1, 0.15) is 0 Å². The van der Waals surface area contributed by atoms with Gasteiger partial charge in [0.2, 0.25) is 6.79 Å². The molecule has 6 heteroatoms. The minimum Gasteiger partial charge on any atom is -0.454 e. The summed E-state index contributed by atoms with van der Waals surface area (Å²) in [7, 11) is 1.79. The number of imidazole rings is 1. The maximum atomic E-state index is 5.54. The number of benzene rings is 1. The van der Waals surface area contributed by atoms with Crippen molar-refractivity contribution in [3.63, 3.8) is 0 Å². The summed E-state index contributed by atoms with van der Waals surface area (Å²) in [5, 5.41) is 0. The standard InChI is InChI=1S/C20H25N3O3/c1-24-11-16-9-22(7-15-4-5-18-19(6-15)26-13-25-18)10-17-20(16)23(12-21-17)8-14-2-3-14/h4-6,12,14,16H,2-3,7-11,13H2,1H3. The van der Waals surface area contributed by atoms with E-state index in [1.165, 1.54) is 29.8 Å². The van der Waals surface area contributed by atoms with E-state index in [0.717, 1.165) is 50.2 Å². The average molecular weight is 355 g/mol. The van der Waals surface area contributed by atoms with Crippen LogP contribution in [0, 0.1) is 5.92 Å². The SMILES string of the molecule is COCC1CN(Cc2ccc3c(c2)OCO3)Cc2ncn(CC3CC3)c21.